The summed E-state index contributed by atoms with van der Waals surface area (Å²) < 4.78 is 0. The molecule has 260 valence electrons. The van der Waals surface area contributed by atoms with E-state index in [2.05, 4.69) is 203 Å². The minimum atomic E-state index is 0.00706. The summed E-state index contributed by atoms with van der Waals surface area (Å²) in [4.78, 5) is 5.19. The molecule has 53 heavy (non-hydrogen) atoms. The average Bonchev–Trinajstić information content (AvgIpc) is 3.17. The number of benzene rings is 6. The van der Waals surface area contributed by atoms with Crippen LogP contribution in [0.5, 0.6) is 0 Å². The molecule has 2 nitrogen and oxygen atoms in total. The van der Waals surface area contributed by atoms with Crippen molar-refractivity contribution in [1.29, 1.82) is 0 Å². The maximum atomic E-state index is 2.63. The Kier molecular flexibility index (Phi) is 7.89. The normalized spacial score (nSPS) is 15.1. The van der Waals surface area contributed by atoms with Gasteiger partial charge < -0.3 is 9.80 Å². The van der Waals surface area contributed by atoms with Crippen molar-refractivity contribution in [2.24, 2.45) is 5.41 Å². The van der Waals surface area contributed by atoms with Gasteiger partial charge in [0.25, 0.3) is 6.71 Å². The minimum absolute atomic E-state index is 0.00706. The van der Waals surface area contributed by atoms with E-state index in [0.29, 0.717) is 0 Å². The van der Waals surface area contributed by atoms with E-state index in [-0.39, 0.29) is 17.5 Å². The average molecular weight is 687 g/mol. The number of anilines is 5. The third kappa shape index (κ3) is 5.57. The Morgan fingerprint density at radius 1 is 0.472 bits per heavy atom. The maximum Gasteiger partial charge on any atom is 0.251 e. The van der Waals surface area contributed by atoms with Gasteiger partial charge in [-0.25, -0.2) is 0 Å². The number of para-hydroxylation sites is 2. The lowest BCUT2D eigenvalue weighted by atomic mass is 9.32. The standard InChI is InChI=1S/C50H47BN2/c1-49(2,3)36-28-30-44-40(32-36)51-41-33-37(50(4,5)6)29-31-45(41)53(43-25-16-14-23-39(43)35-20-11-8-12-21-35)47-27-17-26-46(48(47)51)52(44)42-24-15-13-22-38(42)34-18-9-7-10-19-34/h7-28,30,32-33H,29,31H2,1-6H3. The van der Waals surface area contributed by atoms with Crippen LogP contribution in [0, 0.1) is 5.41 Å². The van der Waals surface area contributed by atoms with Crippen LogP contribution in [-0.4, -0.2) is 6.71 Å². The van der Waals surface area contributed by atoms with Crippen molar-refractivity contribution >= 4 is 46.1 Å². The molecule has 3 heteroatoms. The Hall–Kier alpha value is -5.54. The fraction of sp³-hybridized carbons (Fsp3) is 0.200. The number of rotatable bonds is 4. The summed E-state index contributed by atoms with van der Waals surface area (Å²) in [5, 5.41) is 0. The Morgan fingerprint density at radius 2 is 1.00 bits per heavy atom. The molecule has 0 aromatic heterocycles. The van der Waals surface area contributed by atoms with Crippen molar-refractivity contribution < 1.29 is 0 Å². The Bertz CT molecular complexity index is 2420. The minimum Gasteiger partial charge on any atom is -0.315 e. The molecule has 0 saturated carbocycles. The van der Waals surface area contributed by atoms with E-state index in [1.165, 1.54) is 83.9 Å². The highest BCUT2D eigenvalue weighted by molar-refractivity contribution is 6.95. The Balaban J connectivity index is 1.38. The van der Waals surface area contributed by atoms with Gasteiger partial charge in [0, 0.05) is 33.9 Å². The number of fused-ring (bicyclic) bond motifs is 3. The Morgan fingerprint density at radius 3 is 1.58 bits per heavy atom. The van der Waals surface area contributed by atoms with Gasteiger partial charge in [0.05, 0.1) is 11.4 Å². The zero-order chi connectivity index (χ0) is 36.5. The summed E-state index contributed by atoms with van der Waals surface area (Å²) in [5.41, 5.74) is 19.7. The van der Waals surface area contributed by atoms with Gasteiger partial charge in [-0.1, -0.05) is 168 Å². The molecule has 1 aliphatic carbocycles. The molecule has 0 fully saturated rings. The van der Waals surface area contributed by atoms with Crippen LogP contribution in [0.1, 0.15) is 59.9 Å². The van der Waals surface area contributed by atoms with E-state index in [9.17, 15) is 0 Å². The van der Waals surface area contributed by atoms with Crippen molar-refractivity contribution in [2.75, 3.05) is 9.80 Å². The van der Waals surface area contributed by atoms with E-state index in [1.54, 1.807) is 0 Å². The van der Waals surface area contributed by atoms with Gasteiger partial charge in [0.15, 0.2) is 0 Å². The van der Waals surface area contributed by atoms with Crippen LogP contribution in [-0.2, 0) is 5.41 Å². The smallest absolute Gasteiger partial charge is 0.251 e. The fourth-order valence-electron chi connectivity index (χ4n) is 8.86. The lowest BCUT2D eigenvalue weighted by Crippen LogP contribution is -2.56. The molecule has 0 atom stereocenters. The summed E-state index contributed by atoms with van der Waals surface area (Å²) >= 11 is 0. The van der Waals surface area contributed by atoms with E-state index in [0.717, 1.165) is 12.8 Å². The highest BCUT2D eigenvalue weighted by Crippen LogP contribution is 2.51. The van der Waals surface area contributed by atoms with Gasteiger partial charge >= 0.3 is 0 Å². The zero-order valence-corrected chi connectivity index (χ0v) is 31.8. The maximum absolute atomic E-state index is 2.63. The SMILES string of the molecule is CC(C)(C)C1=CC2=C(CC1)N(c1ccccc1-c1ccccc1)c1cccc3c1B2c1cc(C(C)(C)C)ccc1N3c1ccccc1-c1ccccc1. The zero-order valence-electron chi connectivity index (χ0n) is 31.8. The fourth-order valence-corrected chi connectivity index (χ4v) is 8.86. The number of nitrogens with zero attached hydrogens (tertiary/aromatic N) is 2. The molecule has 0 bridgehead atoms. The van der Waals surface area contributed by atoms with Gasteiger partial charge in [-0.15, -0.1) is 0 Å². The first-order valence-corrected chi connectivity index (χ1v) is 19.2. The predicted octanol–water partition coefficient (Wildman–Crippen LogP) is 12.4. The number of allylic oxidation sites excluding steroid dienone is 4. The molecule has 9 rings (SSSR count). The van der Waals surface area contributed by atoms with Gasteiger partial charge in [0.2, 0.25) is 0 Å². The molecule has 0 unspecified atom stereocenters. The van der Waals surface area contributed by atoms with Crippen molar-refractivity contribution in [2.45, 2.75) is 59.8 Å². The van der Waals surface area contributed by atoms with Crippen LogP contribution in [0.4, 0.5) is 28.4 Å². The van der Waals surface area contributed by atoms with Crippen LogP contribution in [0.3, 0.4) is 0 Å². The summed E-state index contributed by atoms with van der Waals surface area (Å²) in [6.45, 7) is 14.3. The van der Waals surface area contributed by atoms with Gasteiger partial charge in [0.1, 0.15) is 0 Å². The lowest BCUT2D eigenvalue weighted by Gasteiger charge is -2.47. The highest BCUT2D eigenvalue weighted by Gasteiger charge is 2.46. The van der Waals surface area contributed by atoms with Crippen LogP contribution >= 0.6 is 0 Å². The predicted molar refractivity (Wildman–Crippen MR) is 228 cm³/mol. The monoisotopic (exact) mass is 686 g/mol. The first-order chi connectivity index (χ1) is 25.6. The van der Waals surface area contributed by atoms with Crippen molar-refractivity contribution in [1.82, 2.24) is 0 Å². The van der Waals surface area contributed by atoms with Gasteiger partial charge in [-0.3, -0.25) is 0 Å². The molecule has 0 saturated heterocycles. The van der Waals surface area contributed by atoms with Crippen LogP contribution in [0.25, 0.3) is 22.3 Å². The molecule has 2 heterocycles. The summed E-state index contributed by atoms with van der Waals surface area (Å²) in [6.07, 6.45) is 4.65. The number of hydrogen-bond acceptors (Lipinski definition) is 2. The lowest BCUT2D eigenvalue weighted by molar-refractivity contribution is 0.478. The second kappa shape index (κ2) is 12.6. The first kappa shape index (κ1) is 33.3. The second-order valence-corrected chi connectivity index (χ2v) is 16.9. The summed E-state index contributed by atoms with van der Waals surface area (Å²) in [7, 11) is 0. The van der Waals surface area contributed by atoms with Gasteiger partial charge in [-0.2, -0.15) is 0 Å². The van der Waals surface area contributed by atoms with Crippen molar-refractivity contribution in [3.63, 3.8) is 0 Å². The van der Waals surface area contributed by atoms with E-state index in [1.807, 2.05) is 0 Å². The Labute approximate surface area is 316 Å². The van der Waals surface area contributed by atoms with Crippen molar-refractivity contribution in [3.05, 3.63) is 174 Å². The topological polar surface area (TPSA) is 6.48 Å². The molecular formula is C50H47BN2. The first-order valence-electron chi connectivity index (χ1n) is 19.2. The largest absolute Gasteiger partial charge is 0.315 e. The van der Waals surface area contributed by atoms with E-state index in [4.69, 9.17) is 0 Å². The number of hydrogen-bond donors (Lipinski definition) is 0. The highest BCUT2D eigenvalue weighted by atomic mass is 15.2. The van der Waals surface area contributed by atoms with Crippen molar-refractivity contribution in [3.8, 4) is 22.3 Å². The van der Waals surface area contributed by atoms with Gasteiger partial charge in [-0.05, 0) is 87.1 Å². The quantitative estimate of drug-likeness (QED) is 0.170. The molecule has 0 amide bonds. The third-order valence-corrected chi connectivity index (χ3v) is 11.6. The summed E-state index contributed by atoms with van der Waals surface area (Å²) in [5.74, 6) is 0. The van der Waals surface area contributed by atoms with Crippen LogP contribution in [0.2, 0.25) is 0 Å². The molecule has 0 spiro atoms. The molecule has 0 N–H and O–H groups in total. The molecule has 0 radical (unpaired) electrons. The molecule has 6 aromatic carbocycles. The second-order valence-electron chi connectivity index (χ2n) is 16.9. The van der Waals surface area contributed by atoms with Crippen LogP contribution < -0.4 is 20.7 Å². The summed E-state index contributed by atoms with van der Waals surface area (Å²) in [6, 6.07) is 54.0. The molecule has 3 aliphatic rings. The molecular weight excluding hydrogens is 639 g/mol. The van der Waals surface area contributed by atoms with E-state index < -0.39 is 0 Å². The third-order valence-electron chi connectivity index (χ3n) is 11.6. The van der Waals surface area contributed by atoms with Crippen LogP contribution in [0.15, 0.2) is 168 Å². The molecule has 6 aromatic rings. The van der Waals surface area contributed by atoms with E-state index >= 15 is 0 Å². The molecule has 2 aliphatic heterocycles.